The van der Waals surface area contributed by atoms with Gasteiger partial charge in [-0.2, -0.15) is 0 Å². The van der Waals surface area contributed by atoms with Crippen LogP contribution in [0, 0.1) is 0 Å². The average molecular weight is 129 g/mol. The Morgan fingerprint density at radius 3 is 1.40 bits per heavy atom. The Morgan fingerprint density at radius 1 is 1.40 bits per heavy atom. The van der Waals surface area contributed by atoms with Crippen LogP contribution in [0.1, 0.15) is 7.43 Å². The lowest BCUT2D eigenvalue weighted by atomic mass is 12.0. The lowest BCUT2D eigenvalue weighted by molar-refractivity contribution is 0.604. The molecule has 0 aromatic heterocycles. The molecule has 0 fully saturated rings. The van der Waals surface area contributed by atoms with Crippen molar-refractivity contribution in [3.8, 4) is 0 Å². The molecule has 1 nitrogen and oxygen atoms in total. The zero-order valence-corrected chi connectivity index (χ0v) is 4.43. The summed E-state index contributed by atoms with van der Waals surface area (Å²) in [5.74, 6) is 0. The van der Waals surface area contributed by atoms with Crippen LogP contribution in [-0.4, -0.2) is 0 Å². The summed E-state index contributed by atoms with van der Waals surface area (Å²) in [5.41, 5.74) is 0. The van der Waals surface area contributed by atoms with Crippen LogP contribution in [0.2, 0.25) is 0 Å². The molecule has 0 radical (unpaired) electrons. The van der Waals surface area contributed by atoms with Gasteiger partial charge in [0.05, 0.1) is 0 Å². The molecule has 0 aromatic carbocycles. The fourth-order valence-corrected chi connectivity index (χ4v) is 0. The standard InChI is InChI=1S/CH4.HOPS2/c;1-2(3)4/h1H4;(H-,1,3,4)/p+1. The second-order valence-electron chi connectivity index (χ2n) is 0.253. The van der Waals surface area contributed by atoms with Crippen molar-refractivity contribution >= 4 is 30.7 Å². The number of rotatable bonds is 0. The van der Waals surface area contributed by atoms with Crippen molar-refractivity contribution in [3.05, 3.63) is 0 Å². The zero-order chi connectivity index (χ0) is 3.58. The average Bonchev–Trinajstić information content (AvgIpc) is 0.811. The minimum absolute atomic E-state index is 0. The summed E-state index contributed by atoms with van der Waals surface area (Å²) in [4.78, 5) is 0. The molecule has 0 aliphatic carbocycles. The fraction of sp³-hybridized carbons (Fsp3) is 1.00. The summed E-state index contributed by atoms with van der Waals surface area (Å²) >= 11 is 6.68. The molecule has 0 aliphatic rings. The maximum atomic E-state index is 9.32. The van der Waals surface area contributed by atoms with Gasteiger partial charge in [0.15, 0.2) is 0 Å². The second kappa shape index (κ2) is 4.80. The van der Waals surface area contributed by atoms with Gasteiger partial charge in [0.1, 0.15) is 24.5 Å². The lowest BCUT2D eigenvalue weighted by Crippen LogP contribution is -0.966. The van der Waals surface area contributed by atoms with Crippen LogP contribution in [0.5, 0.6) is 0 Å². The van der Waals surface area contributed by atoms with Crippen molar-refractivity contribution in [1.29, 1.82) is 0 Å². The molecule has 4 heteroatoms. The molecule has 0 saturated heterocycles. The second-order valence-corrected chi connectivity index (χ2v) is 3.88. The van der Waals surface area contributed by atoms with Crippen molar-refractivity contribution in [3.63, 3.8) is 0 Å². The van der Waals surface area contributed by atoms with Gasteiger partial charge in [0.25, 0.3) is 0 Å². The van der Waals surface area contributed by atoms with E-state index in [1.807, 2.05) is 0 Å². The van der Waals surface area contributed by atoms with Gasteiger partial charge in [-0.1, -0.05) is 7.43 Å². The first-order valence-corrected chi connectivity index (χ1v) is 4.15. The Kier molecular flexibility index (Phi) is 8.88. The fourth-order valence-electron chi connectivity index (χ4n) is 0. The molecule has 0 aliphatic heterocycles. The Bertz CT molecular complexity index is 32.6. The summed E-state index contributed by atoms with van der Waals surface area (Å²) in [6.45, 7) is 0. The van der Waals surface area contributed by atoms with Crippen LogP contribution in [0.15, 0.2) is 0 Å². The molecule has 0 rings (SSSR count). The summed E-state index contributed by atoms with van der Waals surface area (Å²) in [6.07, 6.45) is -1.48. The molecule has 0 bridgehead atoms. The minimum Gasteiger partial charge on any atom is -0.0776 e. The van der Waals surface area contributed by atoms with E-state index in [9.17, 15) is 4.57 Å². The molecule has 0 aromatic rings. The molecule has 32 valence electrons. The molecule has 0 saturated carbocycles. The number of thiol groups is 2. The number of hydrogen-bond acceptors (Lipinski definition) is 1. The van der Waals surface area contributed by atoms with Crippen LogP contribution in [-0.2, 0) is 4.57 Å². The van der Waals surface area contributed by atoms with Gasteiger partial charge in [0, 0.05) is 0 Å². The highest BCUT2D eigenvalue weighted by Gasteiger charge is 1.88. The van der Waals surface area contributed by atoms with Gasteiger partial charge in [-0.05, 0) is 4.57 Å². The molecular weight excluding hydrogens is 123 g/mol. The molecular formula is CH6OPS2+. The van der Waals surface area contributed by atoms with Crippen molar-refractivity contribution < 1.29 is 4.57 Å². The van der Waals surface area contributed by atoms with E-state index in [1.54, 1.807) is 0 Å². The van der Waals surface area contributed by atoms with E-state index in [4.69, 9.17) is 0 Å². The molecule has 0 unspecified atom stereocenters. The first-order chi connectivity index (χ1) is 1.73. The van der Waals surface area contributed by atoms with Crippen molar-refractivity contribution in [2.75, 3.05) is 0 Å². The quantitative estimate of drug-likeness (QED) is 0.378. The summed E-state index contributed by atoms with van der Waals surface area (Å²) in [5, 5.41) is 0. The van der Waals surface area contributed by atoms with Crippen LogP contribution >= 0.6 is 30.7 Å². The Hall–Kier alpha value is 0.800. The zero-order valence-electron chi connectivity index (χ0n) is 1.75. The van der Waals surface area contributed by atoms with Gasteiger partial charge in [0.2, 0.25) is 0 Å². The largest absolute Gasteiger partial charge is 0.477 e. The maximum absolute atomic E-state index is 9.32. The van der Waals surface area contributed by atoms with Crippen molar-refractivity contribution in [1.82, 2.24) is 0 Å². The highest BCUT2D eigenvalue weighted by molar-refractivity contribution is 8.73. The van der Waals surface area contributed by atoms with E-state index >= 15 is 0 Å². The monoisotopic (exact) mass is 129 g/mol. The van der Waals surface area contributed by atoms with E-state index in [0.717, 1.165) is 0 Å². The molecule has 0 heterocycles. The maximum Gasteiger partial charge on any atom is 0.477 e. The van der Waals surface area contributed by atoms with Crippen molar-refractivity contribution in [2.45, 2.75) is 7.43 Å². The Balaban J connectivity index is 0. The SMILES string of the molecule is C.O=[P+](S)S. The van der Waals surface area contributed by atoms with Gasteiger partial charge >= 0.3 is 6.20 Å². The van der Waals surface area contributed by atoms with E-state index < -0.39 is 6.20 Å². The predicted molar refractivity (Wildman–Crippen MR) is 32.3 cm³/mol. The predicted octanol–water partition coefficient (Wildman–Crippen LogP) is 2.14. The molecule has 0 atom stereocenters. The van der Waals surface area contributed by atoms with Crippen molar-refractivity contribution in [2.24, 2.45) is 0 Å². The van der Waals surface area contributed by atoms with Gasteiger partial charge in [-0.25, -0.2) is 0 Å². The normalized spacial score (nSPS) is 5.20. The minimum atomic E-state index is -1.48. The van der Waals surface area contributed by atoms with Crippen LogP contribution in [0.3, 0.4) is 0 Å². The number of hydrogen-bond donors (Lipinski definition) is 2. The highest BCUT2D eigenvalue weighted by atomic mass is 33.0. The highest BCUT2D eigenvalue weighted by Crippen LogP contribution is 2.29. The molecule has 5 heavy (non-hydrogen) atoms. The van der Waals surface area contributed by atoms with Gasteiger partial charge in [-0.15, -0.1) is 0 Å². The van der Waals surface area contributed by atoms with Crippen LogP contribution in [0.4, 0.5) is 0 Å². The third-order valence-electron chi connectivity index (χ3n) is 0. The first-order valence-electron chi connectivity index (χ1n) is 0.583. The van der Waals surface area contributed by atoms with Gasteiger partial charge in [-0.3, -0.25) is 0 Å². The Labute approximate surface area is 43.3 Å². The molecule has 0 N–H and O–H groups in total. The third-order valence-corrected chi connectivity index (χ3v) is 0. The molecule has 0 amide bonds. The Morgan fingerprint density at radius 2 is 1.40 bits per heavy atom. The van der Waals surface area contributed by atoms with Crippen LogP contribution in [0.25, 0.3) is 0 Å². The summed E-state index contributed by atoms with van der Waals surface area (Å²) in [7, 11) is 0. The summed E-state index contributed by atoms with van der Waals surface area (Å²) < 4.78 is 9.32. The van der Waals surface area contributed by atoms with E-state index in [-0.39, 0.29) is 7.43 Å². The molecule has 0 spiro atoms. The van der Waals surface area contributed by atoms with E-state index in [1.165, 1.54) is 0 Å². The smallest absolute Gasteiger partial charge is 0.0776 e. The van der Waals surface area contributed by atoms with Crippen LogP contribution < -0.4 is 0 Å². The lowest BCUT2D eigenvalue weighted by Gasteiger charge is -1.31. The third kappa shape index (κ3) is 58.8. The van der Waals surface area contributed by atoms with E-state index in [0.29, 0.717) is 0 Å². The first kappa shape index (κ1) is 9.25. The van der Waals surface area contributed by atoms with Gasteiger partial charge < -0.3 is 0 Å². The summed E-state index contributed by atoms with van der Waals surface area (Å²) in [6, 6.07) is 0. The van der Waals surface area contributed by atoms with E-state index in [2.05, 4.69) is 24.5 Å². The topological polar surface area (TPSA) is 17.1 Å².